The number of nitrogens with zero attached hydrogens (tertiary/aromatic N) is 2. The zero-order valence-corrected chi connectivity index (χ0v) is 36.8. The molecule has 2 aromatic carbocycles. The number of Topliss-reactive ketones (excluding diaryl/α,β-unsaturated/α-hetero) is 2. The smallest absolute Gasteiger partial charge is 0.158 e. The third kappa shape index (κ3) is 25.8. The number of ether oxygens (including phenoxy) is 2. The van der Waals surface area contributed by atoms with Gasteiger partial charge < -0.3 is 19.3 Å². The topological polar surface area (TPSA) is 59.1 Å². The highest BCUT2D eigenvalue weighted by Gasteiger charge is 2.10. The largest absolute Gasteiger partial charge is 0.369 e. The first-order valence-electron chi connectivity index (χ1n) is 23.3. The molecule has 6 nitrogen and oxygen atoms in total. The van der Waals surface area contributed by atoms with E-state index >= 15 is 0 Å². The van der Waals surface area contributed by atoms with Crippen LogP contribution in [-0.2, 0) is 32.3 Å². The summed E-state index contributed by atoms with van der Waals surface area (Å²) < 4.78 is 11.6. The fourth-order valence-corrected chi connectivity index (χ4v) is 7.37. The summed E-state index contributed by atoms with van der Waals surface area (Å²) in [6.07, 6.45) is 26.4. The van der Waals surface area contributed by atoms with Gasteiger partial charge in [0.1, 0.15) is 13.2 Å². The van der Waals surface area contributed by atoms with Crippen molar-refractivity contribution in [3.8, 4) is 11.1 Å². The van der Waals surface area contributed by atoms with E-state index in [1.807, 2.05) is 0 Å². The third-order valence-electron chi connectivity index (χ3n) is 11.0. The van der Waals surface area contributed by atoms with E-state index in [1.165, 1.54) is 116 Å². The van der Waals surface area contributed by atoms with Crippen molar-refractivity contribution in [1.82, 2.24) is 9.80 Å². The first-order chi connectivity index (χ1) is 27.5. The number of rotatable bonds is 39. The Labute approximate surface area is 344 Å². The van der Waals surface area contributed by atoms with Gasteiger partial charge in [0.05, 0.1) is 13.2 Å². The summed E-state index contributed by atoms with van der Waals surface area (Å²) in [7, 11) is 0. The van der Waals surface area contributed by atoms with E-state index < -0.39 is 0 Å². The van der Waals surface area contributed by atoms with Crippen molar-refractivity contribution in [2.45, 2.75) is 182 Å². The van der Waals surface area contributed by atoms with Crippen LogP contribution < -0.4 is 0 Å². The minimum Gasteiger partial charge on any atom is -0.369 e. The lowest BCUT2D eigenvalue weighted by molar-refractivity contribution is -0.124. The van der Waals surface area contributed by atoms with Crippen LogP contribution in [-0.4, -0.2) is 73.8 Å². The standard InChI is InChI=1S/C50H84N2O4/c1-5-9-13-17-21-37-51(35-19-15-11-7-3)39-23-25-49(53)43-55-41-45-27-31-47(32-28-45)48-33-29-46(30-34-48)42-56-44-50(54)26-24-40-52(36-20-16-12-8-4)38-22-18-14-10-6-2/h27-34H,5-26,35-44H2,1-4H3. The van der Waals surface area contributed by atoms with E-state index in [1.54, 1.807) is 0 Å². The van der Waals surface area contributed by atoms with Gasteiger partial charge in [-0.3, -0.25) is 9.59 Å². The molecule has 2 aromatic rings. The van der Waals surface area contributed by atoms with Gasteiger partial charge in [-0.25, -0.2) is 0 Å². The average Bonchev–Trinajstić information content (AvgIpc) is 3.21. The molecule has 6 heteroatoms. The van der Waals surface area contributed by atoms with Gasteiger partial charge in [0.25, 0.3) is 0 Å². The summed E-state index contributed by atoms with van der Waals surface area (Å²) in [6, 6.07) is 16.8. The number of ketones is 2. The Bertz CT molecular complexity index is 1120. The van der Waals surface area contributed by atoms with Crippen molar-refractivity contribution >= 4 is 11.6 Å². The summed E-state index contributed by atoms with van der Waals surface area (Å²) in [5.41, 5.74) is 4.41. The van der Waals surface area contributed by atoms with Gasteiger partial charge in [-0.05, 0) is 100 Å². The quantitative estimate of drug-likeness (QED) is 0.0630. The second-order valence-corrected chi connectivity index (χ2v) is 16.3. The Kier molecular flexibility index (Phi) is 30.8. The predicted octanol–water partition coefficient (Wildman–Crippen LogP) is 12.8. The first kappa shape index (κ1) is 49.8. The fourth-order valence-electron chi connectivity index (χ4n) is 7.37. The Hall–Kier alpha value is -2.38. The maximum absolute atomic E-state index is 12.6. The number of unbranched alkanes of at least 4 members (excludes halogenated alkanes) is 14. The second kappa shape index (κ2) is 34.6. The summed E-state index contributed by atoms with van der Waals surface area (Å²) >= 11 is 0. The van der Waals surface area contributed by atoms with Crippen LogP contribution in [0.1, 0.15) is 180 Å². The minimum absolute atomic E-state index is 0.182. The first-order valence-corrected chi connectivity index (χ1v) is 23.3. The predicted molar refractivity (Wildman–Crippen MR) is 238 cm³/mol. The highest BCUT2D eigenvalue weighted by Crippen LogP contribution is 2.21. The van der Waals surface area contributed by atoms with Crippen molar-refractivity contribution in [3.05, 3.63) is 59.7 Å². The molecule has 0 aliphatic heterocycles. The van der Waals surface area contributed by atoms with E-state index in [-0.39, 0.29) is 24.8 Å². The molecule has 0 bridgehead atoms. The highest BCUT2D eigenvalue weighted by molar-refractivity contribution is 5.80. The van der Waals surface area contributed by atoms with Crippen molar-refractivity contribution in [2.24, 2.45) is 0 Å². The second-order valence-electron chi connectivity index (χ2n) is 16.3. The Balaban J connectivity index is 1.65. The van der Waals surface area contributed by atoms with Crippen LogP contribution in [0.3, 0.4) is 0 Å². The molecule has 0 fully saturated rings. The van der Waals surface area contributed by atoms with Crippen LogP contribution in [0.25, 0.3) is 11.1 Å². The van der Waals surface area contributed by atoms with E-state index in [9.17, 15) is 9.59 Å². The van der Waals surface area contributed by atoms with E-state index in [0.717, 1.165) is 74.4 Å². The molecule has 0 unspecified atom stereocenters. The molecule has 0 saturated heterocycles. The molecule has 0 N–H and O–H groups in total. The molecule has 0 atom stereocenters. The summed E-state index contributed by atoms with van der Waals surface area (Å²) in [4.78, 5) is 30.4. The van der Waals surface area contributed by atoms with Gasteiger partial charge >= 0.3 is 0 Å². The maximum Gasteiger partial charge on any atom is 0.158 e. The lowest BCUT2D eigenvalue weighted by Crippen LogP contribution is -2.28. The van der Waals surface area contributed by atoms with E-state index in [2.05, 4.69) is 86.0 Å². The lowest BCUT2D eigenvalue weighted by atomic mass is 10.0. The zero-order valence-electron chi connectivity index (χ0n) is 36.8. The minimum atomic E-state index is 0.182. The van der Waals surface area contributed by atoms with Crippen LogP contribution in [0.2, 0.25) is 0 Å². The number of hydrogen-bond donors (Lipinski definition) is 0. The van der Waals surface area contributed by atoms with Crippen molar-refractivity contribution in [3.63, 3.8) is 0 Å². The molecule has 2 rings (SSSR count). The van der Waals surface area contributed by atoms with E-state index in [0.29, 0.717) is 26.1 Å². The molecule has 0 spiro atoms. The summed E-state index contributed by atoms with van der Waals surface area (Å²) in [5, 5.41) is 0. The van der Waals surface area contributed by atoms with Crippen molar-refractivity contribution in [1.29, 1.82) is 0 Å². The van der Waals surface area contributed by atoms with Crippen LogP contribution in [0.5, 0.6) is 0 Å². The number of hydrogen-bond acceptors (Lipinski definition) is 6. The monoisotopic (exact) mass is 777 g/mol. The number of benzene rings is 2. The van der Waals surface area contributed by atoms with Crippen LogP contribution in [0, 0.1) is 0 Å². The van der Waals surface area contributed by atoms with Gasteiger partial charge in [0.2, 0.25) is 0 Å². The van der Waals surface area contributed by atoms with Gasteiger partial charge in [-0.15, -0.1) is 0 Å². The Morgan fingerprint density at radius 2 is 0.679 bits per heavy atom. The number of carbonyl (C=O) groups is 2. The van der Waals surface area contributed by atoms with Crippen molar-refractivity contribution in [2.75, 3.05) is 52.5 Å². The highest BCUT2D eigenvalue weighted by atomic mass is 16.5. The molecule has 318 valence electrons. The lowest BCUT2D eigenvalue weighted by Gasteiger charge is -2.22. The normalized spacial score (nSPS) is 11.6. The summed E-state index contributed by atoms with van der Waals surface area (Å²) in [6.45, 7) is 17.0. The summed E-state index contributed by atoms with van der Waals surface area (Å²) in [5.74, 6) is 0.394. The van der Waals surface area contributed by atoms with Crippen LogP contribution in [0.15, 0.2) is 48.5 Å². The van der Waals surface area contributed by atoms with Crippen LogP contribution >= 0.6 is 0 Å². The van der Waals surface area contributed by atoms with Crippen molar-refractivity contribution < 1.29 is 19.1 Å². The van der Waals surface area contributed by atoms with Gasteiger partial charge in [0, 0.05) is 12.8 Å². The Morgan fingerprint density at radius 3 is 1.00 bits per heavy atom. The molecule has 56 heavy (non-hydrogen) atoms. The number of carbonyl (C=O) groups excluding carboxylic acids is 2. The molecular weight excluding hydrogens is 693 g/mol. The molecule has 0 amide bonds. The molecule has 0 aromatic heterocycles. The zero-order chi connectivity index (χ0) is 40.3. The SMILES string of the molecule is CCCCCCCN(CCCCCC)CCCC(=O)COCc1ccc(-c2ccc(COCC(=O)CCCN(CCCCCC)CCCCCCC)cc2)cc1. The third-order valence-corrected chi connectivity index (χ3v) is 11.0. The Morgan fingerprint density at radius 1 is 0.393 bits per heavy atom. The van der Waals surface area contributed by atoms with E-state index in [4.69, 9.17) is 9.47 Å². The molecule has 0 heterocycles. The molecule has 0 aliphatic carbocycles. The van der Waals surface area contributed by atoms with Gasteiger partial charge in [0.15, 0.2) is 11.6 Å². The molecule has 0 radical (unpaired) electrons. The molecule has 0 aliphatic rings. The van der Waals surface area contributed by atoms with Gasteiger partial charge in [-0.1, -0.05) is 166 Å². The van der Waals surface area contributed by atoms with Gasteiger partial charge in [-0.2, -0.15) is 0 Å². The maximum atomic E-state index is 12.6. The van der Waals surface area contributed by atoms with Crippen LogP contribution in [0.4, 0.5) is 0 Å². The molecule has 0 saturated carbocycles. The fraction of sp³-hybridized carbons (Fsp3) is 0.720. The molecular formula is C50H84N2O4. The average molecular weight is 777 g/mol.